The van der Waals surface area contributed by atoms with Crippen LogP contribution >= 0.6 is 0 Å². The summed E-state index contributed by atoms with van der Waals surface area (Å²) in [6, 6.07) is 11.1. The van der Waals surface area contributed by atoms with Gasteiger partial charge in [0.15, 0.2) is 0 Å². The monoisotopic (exact) mass is 622 g/mol. The second-order valence-electron chi connectivity index (χ2n) is 9.64. The molecule has 0 aliphatic carbocycles. The van der Waals surface area contributed by atoms with Gasteiger partial charge >= 0.3 is 24.3 Å². The van der Waals surface area contributed by atoms with Crippen molar-refractivity contribution in [2.45, 2.75) is 37.5 Å². The van der Waals surface area contributed by atoms with Crippen LogP contribution in [0.3, 0.4) is 0 Å². The first-order valence-corrected chi connectivity index (χ1v) is 12.3. The standard InChI is InChI=1S/C22H26N4O3.2C2HF3O2/c1-16-5-3-7-18(9-16)21(28)26-14-22(15-26)13-25(2)19(12-29-22)20(27)24-11-17-6-4-8-23-10-17;2*3-2(4,5)1(6)7/h3-10,19H,11-15H2,1-2H3,(H,24,27);2*(H,6,7). The fraction of sp³-hybridized carbons (Fsp3) is 0.423. The average Bonchev–Trinajstić information content (AvgIpc) is 2.90. The highest BCUT2D eigenvalue weighted by Gasteiger charge is 2.51. The van der Waals surface area contributed by atoms with E-state index < -0.39 is 24.3 Å². The van der Waals surface area contributed by atoms with Crippen molar-refractivity contribution in [2.75, 3.05) is 33.3 Å². The fourth-order valence-corrected chi connectivity index (χ4v) is 4.02. The van der Waals surface area contributed by atoms with Gasteiger partial charge in [0.2, 0.25) is 5.91 Å². The summed E-state index contributed by atoms with van der Waals surface area (Å²) in [7, 11) is 1.93. The summed E-state index contributed by atoms with van der Waals surface area (Å²) < 4.78 is 69.6. The van der Waals surface area contributed by atoms with Crippen molar-refractivity contribution in [2.24, 2.45) is 0 Å². The molecule has 0 bridgehead atoms. The smallest absolute Gasteiger partial charge is 0.475 e. The number of likely N-dealkylation sites (N-methyl/N-ethyl adjacent to an activating group) is 1. The minimum atomic E-state index is -5.08. The Kier molecular flexibility index (Phi) is 11.6. The number of likely N-dealkylation sites (tertiary alicyclic amines) is 1. The minimum absolute atomic E-state index is 0.0296. The van der Waals surface area contributed by atoms with Crippen LogP contribution in [0.4, 0.5) is 26.3 Å². The first-order chi connectivity index (χ1) is 19.8. The molecule has 3 heterocycles. The highest BCUT2D eigenvalue weighted by Crippen LogP contribution is 2.31. The lowest BCUT2D eigenvalue weighted by atomic mass is 9.90. The number of pyridine rings is 1. The number of rotatable bonds is 4. The van der Waals surface area contributed by atoms with Crippen LogP contribution in [-0.2, 0) is 25.7 Å². The molecular formula is C26H28F6N4O7. The number of hydrogen-bond acceptors (Lipinski definition) is 7. The van der Waals surface area contributed by atoms with Crippen LogP contribution in [0.1, 0.15) is 21.5 Å². The highest BCUT2D eigenvalue weighted by atomic mass is 19.4. The number of aromatic nitrogens is 1. The van der Waals surface area contributed by atoms with Crippen molar-refractivity contribution in [3.8, 4) is 0 Å². The number of aryl methyl sites for hydroxylation is 1. The van der Waals surface area contributed by atoms with Gasteiger partial charge in [-0.25, -0.2) is 9.59 Å². The van der Waals surface area contributed by atoms with Gasteiger partial charge < -0.3 is 25.2 Å². The molecule has 2 aliphatic rings. The molecule has 1 spiro atoms. The van der Waals surface area contributed by atoms with Crippen molar-refractivity contribution in [1.82, 2.24) is 20.1 Å². The van der Waals surface area contributed by atoms with E-state index in [2.05, 4.69) is 10.3 Å². The molecular weight excluding hydrogens is 594 g/mol. The van der Waals surface area contributed by atoms with E-state index in [-0.39, 0.29) is 23.5 Å². The molecule has 0 saturated carbocycles. The number of carbonyl (C=O) groups is 4. The van der Waals surface area contributed by atoms with Crippen LogP contribution in [0.5, 0.6) is 0 Å². The first-order valence-electron chi connectivity index (χ1n) is 12.3. The highest BCUT2D eigenvalue weighted by molar-refractivity contribution is 5.95. The Labute approximate surface area is 241 Å². The van der Waals surface area contributed by atoms with Gasteiger partial charge in [0, 0.05) is 31.0 Å². The Morgan fingerprint density at radius 2 is 1.58 bits per heavy atom. The first kappa shape index (κ1) is 34.9. The molecule has 17 heteroatoms. The number of carboxylic acid groups (broad SMARTS) is 2. The number of alkyl halides is 6. The SMILES string of the molecule is Cc1cccc(C(=O)N2CC3(C2)CN(C)C(C(=O)NCc2cccnc2)CO3)c1.O=C(O)C(F)(F)F.O=C(O)C(F)(F)F. The Hall–Kier alpha value is -4.25. The second kappa shape index (κ2) is 14.3. The van der Waals surface area contributed by atoms with Crippen LogP contribution in [0, 0.1) is 6.92 Å². The van der Waals surface area contributed by atoms with Crippen molar-refractivity contribution >= 4 is 23.8 Å². The Balaban J connectivity index is 0.000000384. The molecule has 11 nitrogen and oxygen atoms in total. The maximum absolute atomic E-state index is 12.7. The zero-order valence-corrected chi connectivity index (χ0v) is 22.8. The van der Waals surface area contributed by atoms with E-state index in [0.29, 0.717) is 38.3 Å². The van der Waals surface area contributed by atoms with Gasteiger partial charge in [0.05, 0.1) is 19.7 Å². The van der Waals surface area contributed by atoms with Gasteiger partial charge in [-0.05, 0) is 37.7 Å². The summed E-state index contributed by atoms with van der Waals surface area (Å²) in [5.74, 6) is -5.54. The van der Waals surface area contributed by atoms with Crippen molar-refractivity contribution in [3.05, 3.63) is 65.5 Å². The molecule has 2 amide bonds. The van der Waals surface area contributed by atoms with Gasteiger partial charge in [-0.3, -0.25) is 19.5 Å². The predicted molar refractivity (Wildman–Crippen MR) is 136 cm³/mol. The van der Waals surface area contributed by atoms with Crippen molar-refractivity contribution < 1.29 is 60.5 Å². The predicted octanol–water partition coefficient (Wildman–Crippen LogP) is 2.50. The van der Waals surface area contributed by atoms with Gasteiger partial charge in [-0.1, -0.05) is 23.8 Å². The second-order valence-corrected chi connectivity index (χ2v) is 9.64. The number of halogens is 6. The van der Waals surface area contributed by atoms with Gasteiger partial charge in [0.1, 0.15) is 11.6 Å². The molecule has 1 aromatic carbocycles. The zero-order valence-electron chi connectivity index (χ0n) is 22.8. The van der Waals surface area contributed by atoms with E-state index in [0.717, 1.165) is 11.1 Å². The molecule has 2 fully saturated rings. The number of ether oxygens (including phenoxy) is 1. The quantitative estimate of drug-likeness (QED) is 0.438. The third-order valence-corrected chi connectivity index (χ3v) is 6.10. The Bertz CT molecular complexity index is 1260. The summed E-state index contributed by atoms with van der Waals surface area (Å²) in [4.78, 5) is 50.9. The third-order valence-electron chi connectivity index (χ3n) is 6.10. The van der Waals surface area contributed by atoms with E-state index in [1.807, 2.05) is 60.2 Å². The summed E-state index contributed by atoms with van der Waals surface area (Å²) in [5, 5.41) is 17.2. The van der Waals surface area contributed by atoms with Crippen LogP contribution in [0.25, 0.3) is 0 Å². The molecule has 2 saturated heterocycles. The van der Waals surface area contributed by atoms with Gasteiger partial charge in [-0.15, -0.1) is 0 Å². The lowest BCUT2D eigenvalue weighted by Gasteiger charge is -2.54. The topological polar surface area (TPSA) is 149 Å². The minimum Gasteiger partial charge on any atom is -0.475 e. The number of aliphatic carboxylic acids is 2. The Morgan fingerprint density at radius 3 is 2.05 bits per heavy atom. The average molecular weight is 623 g/mol. The number of nitrogens with one attached hydrogen (secondary N) is 1. The zero-order chi connectivity index (χ0) is 32.6. The maximum atomic E-state index is 12.7. The lowest BCUT2D eigenvalue weighted by Crippen LogP contribution is -2.73. The number of carbonyl (C=O) groups excluding carboxylic acids is 2. The van der Waals surface area contributed by atoms with Crippen LogP contribution in [-0.4, -0.2) is 106 Å². The molecule has 0 radical (unpaired) electrons. The summed E-state index contributed by atoms with van der Waals surface area (Å²) in [6.45, 7) is 4.47. The summed E-state index contributed by atoms with van der Waals surface area (Å²) >= 11 is 0. The molecule has 1 aromatic heterocycles. The summed E-state index contributed by atoms with van der Waals surface area (Å²) in [5.41, 5.74) is 2.35. The van der Waals surface area contributed by atoms with E-state index in [1.165, 1.54) is 0 Å². The lowest BCUT2D eigenvalue weighted by molar-refractivity contribution is -0.193. The number of carboxylic acids is 2. The van der Waals surface area contributed by atoms with Crippen LogP contribution < -0.4 is 5.32 Å². The maximum Gasteiger partial charge on any atom is 0.490 e. The van der Waals surface area contributed by atoms with E-state index in [1.54, 1.807) is 12.4 Å². The molecule has 4 rings (SSSR count). The third kappa shape index (κ3) is 10.5. The molecule has 236 valence electrons. The van der Waals surface area contributed by atoms with Gasteiger partial charge in [0.25, 0.3) is 5.91 Å². The van der Waals surface area contributed by atoms with Gasteiger partial charge in [-0.2, -0.15) is 26.3 Å². The normalized spacial score (nSPS) is 17.8. The molecule has 43 heavy (non-hydrogen) atoms. The number of benzene rings is 1. The molecule has 1 atom stereocenters. The molecule has 2 aliphatic heterocycles. The number of hydrogen-bond donors (Lipinski definition) is 3. The number of amides is 2. The molecule has 1 unspecified atom stereocenters. The van der Waals surface area contributed by atoms with Crippen LogP contribution in [0.15, 0.2) is 48.8 Å². The fourth-order valence-electron chi connectivity index (χ4n) is 4.02. The number of morpholine rings is 1. The molecule has 3 N–H and O–H groups in total. The van der Waals surface area contributed by atoms with E-state index in [9.17, 15) is 35.9 Å². The number of nitrogens with zero attached hydrogens (tertiary/aromatic N) is 3. The van der Waals surface area contributed by atoms with E-state index in [4.69, 9.17) is 24.5 Å². The van der Waals surface area contributed by atoms with Crippen molar-refractivity contribution in [3.63, 3.8) is 0 Å². The molecule has 2 aromatic rings. The van der Waals surface area contributed by atoms with E-state index >= 15 is 0 Å². The summed E-state index contributed by atoms with van der Waals surface area (Å²) in [6.07, 6.45) is -6.72. The Morgan fingerprint density at radius 1 is 1.00 bits per heavy atom. The van der Waals surface area contributed by atoms with Crippen molar-refractivity contribution in [1.29, 1.82) is 0 Å². The largest absolute Gasteiger partial charge is 0.490 e. The van der Waals surface area contributed by atoms with Crippen LogP contribution in [0.2, 0.25) is 0 Å².